The lowest BCUT2D eigenvalue weighted by Gasteiger charge is -2.14. The molecule has 2 rings (SSSR count). The van der Waals surface area contributed by atoms with Crippen LogP contribution in [0.2, 0.25) is 0 Å². The Kier molecular flexibility index (Phi) is 1.24. The van der Waals surface area contributed by atoms with Crippen LogP contribution in [0.1, 0.15) is 0 Å². The number of rotatable bonds is 0. The molecule has 0 N–H and O–H groups in total. The van der Waals surface area contributed by atoms with Crippen molar-refractivity contribution in [2.75, 3.05) is 13.1 Å². The second-order valence-electron chi connectivity index (χ2n) is 2.25. The topological polar surface area (TPSA) is 28.2 Å². The summed E-state index contributed by atoms with van der Waals surface area (Å²) in [5, 5.41) is 8.60. The normalized spacial score (nSPS) is 14.8. The number of benzene rings is 1. The quantitative estimate of drug-likeness (QED) is 0.507. The minimum atomic E-state index is 0.844. The van der Waals surface area contributed by atoms with E-state index in [9.17, 15) is 0 Å². The maximum atomic E-state index is 4.30. The Morgan fingerprint density at radius 1 is 0.900 bits per heavy atom. The average Bonchev–Trinajstić information content (AvgIpc) is 2.05. The van der Waals surface area contributed by atoms with E-state index < -0.39 is 0 Å². The maximum Gasteiger partial charge on any atom is 0.0827 e. The highest BCUT2D eigenvalue weighted by Crippen LogP contribution is 2.22. The fourth-order valence-electron chi connectivity index (χ4n) is 1.07. The van der Waals surface area contributed by atoms with Crippen LogP contribution in [0.15, 0.2) is 24.3 Å². The smallest absolute Gasteiger partial charge is 0.0827 e. The van der Waals surface area contributed by atoms with Gasteiger partial charge in [-0.2, -0.15) is 0 Å². The van der Waals surface area contributed by atoms with E-state index in [-0.39, 0.29) is 0 Å². The van der Waals surface area contributed by atoms with Gasteiger partial charge in [0.1, 0.15) is 0 Å². The van der Waals surface area contributed by atoms with Crippen molar-refractivity contribution in [2.45, 2.75) is 0 Å². The summed E-state index contributed by atoms with van der Waals surface area (Å²) in [5.74, 6) is 0. The molecular formula is C8H8N2. The second kappa shape index (κ2) is 2.21. The molecule has 2 nitrogen and oxygen atoms in total. The molecule has 1 heterocycles. The van der Waals surface area contributed by atoms with Gasteiger partial charge >= 0.3 is 0 Å². The number of hydrogen-bond donors (Lipinski definition) is 0. The summed E-state index contributed by atoms with van der Waals surface area (Å²) >= 11 is 0. The van der Waals surface area contributed by atoms with Gasteiger partial charge in [0.2, 0.25) is 0 Å². The van der Waals surface area contributed by atoms with Gasteiger partial charge < -0.3 is 0 Å². The summed E-state index contributed by atoms with van der Waals surface area (Å²) in [7, 11) is 0. The Hall–Kier alpha value is -1.18. The van der Waals surface area contributed by atoms with E-state index in [1.165, 1.54) is 0 Å². The first-order valence-corrected chi connectivity index (χ1v) is 3.41. The van der Waals surface area contributed by atoms with Crippen molar-refractivity contribution in [3.05, 3.63) is 24.3 Å². The zero-order chi connectivity index (χ0) is 6.81. The van der Waals surface area contributed by atoms with E-state index >= 15 is 0 Å². The van der Waals surface area contributed by atoms with E-state index in [0.29, 0.717) is 0 Å². The van der Waals surface area contributed by atoms with Gasteiger partial charge in [0.25, 0.3) is 0 Å². The Morgan fingerprint density at radius 3 is 1.90 bits per heavy atom. The Balaban J connectivity index is 2.41. The molecule has 0 atom stereocenters. The van der Waals surface area contributed by atoms with Gasteiger partial charge in [-0.1, -0.05) is 12.1 Å². The van der Waals surface area contributed by atoms with E-state index in [2.05, 4.69) is 10.6 Å². The lowest BCUT2D eigenvalue weighted by molar-refractivity contribution is 0.720. The van der Waals surface area contributed by atoms with Crippen molar-refractivity contribution < 1.29 is 0 Å². The summed E-state index contributed by atoms with van der Waals surface area (Å²) in [6.07, 6.45) is 0. The summed E-state index contributed by atoms with van der Waals surface area (Å²) in [6.45, 7) is 1.69. The van der Waals surface area contributed by atoms with Crippen LogP contribution in [0.4, 0.5) is 11.4 Å². The third kappa shape index (κ3) is 0.817. The summed E-state index contributed by atoms with van der Waals surface area (Å²) in [6, 6.07) is 7.97. The van der Waals surface area contributed by atoms with Crippen LogP contribution in [0.5, 0.6) is 0 Å². The summed E-state index contributed by atoms with van der Waals surface area (Å²) in [5.41, 5.74) is 2.07. The molecule has 0 aromatic heterocycles. The van der Waals surface area contributed by atoms with Gasteiger partial charge in [-0.05, 0) is 12.1 Å². The number of para-hydroxylation sites is 2. The minimum absolute atomic E-state index is 0.844. The van der Waals surface area contributed by atoms with Gasteiger partial charge in [0, 0.05) is 0 Å². The third-order valence-corrected chi connectivity index (χ3v) is 1.55. The Morgan fingerprint density at radius 2 is 1.40 bits per heavy atom. The fraction of sp³-hybridized carbons (Fsp3) is 0.250. The van der Waals surface area contributed by atoms with E-state index in [0.717, 1.165) is 24.5 Å². The molecule has 0 fully saturated rings. The fourth-order valence-corrected chi connectivity index (χ4v) is 1.07. The van der Waals surface area contributed by atoms with Crippen LogP contribution in [-0.2, 0) is 0 Å². The van der Waals surface area contributed by atoms with E-state index in [4.69, 9.17) is 0 Å². The van der Waals surface area contributed by atoms with Gasteiger partial charge in [-0.3, -0.25) is 10.6 Å². The first kappa shape index (κ1) is 5.59. The molecule has 2 radical (unpaired) electrons. The monoisotopic (exact) mass is 132 g/mol. The first-order valence-electron chi connectivity index (χ1n) is 3.41. The molecule has 0 unspecified atom stereocenters. The number of fused-ring (bicyclic) bond motifs is 1. The molecule has 1 aliphatic heterocycles. The lowest BCUT2D eigenvalue weighted by Crippen LogP contribution is -2.18. The molecule has 0 saturated heterocycles. The van der Waals surface area contributed by atoms with Crippen molar-refractivity contribution >= 4 is 11.4 Å². The van der Waals surface area contributed by atoms with E-state index in [1.807, 2.05) is 24.3 Å². The molecule has 0 spiro atoms. The first-order chi connectivity index (χ1) is 4.97. The number of hydrogen-bond acceptors (Lipinski definition) is 0. The lowest BCUT2D eigenvalue weighted by atomic mass is 10.2. The van der Waals surface area contributed by atoms with Gasteiger partial charge in [0.05, 0.1) is 24.5 Å². The molecular weight excluding hydrogens is 124 g/mol. The zero-order valence-electron chi connectivity index (χ0n) is 5.62. The molecule has 1 aromatic rings. The van der Waals surface area contributed by atoms with Crippen LogP contribution in [0.25, 0.3) is 0 Å². The predicted molar refractivity (Wildman–Crippen MR) is 39.8 cm³/mol. The highest BCUT2D eigenvalue weighted by atomic mass is 15.0. The van der Waals surface area contributed by atoms with Crippen molar-refractivity contribution in [1.29, 1.82) is 0 Å². The zero-order valence-corrected chi connectivity index (χ0v) is 5.62. The van der Waals surface area contributed by atoms with Crippen LogP contribution in [-0.4, -0.2) is 13.1 Å². The van der Waals surface area contributed by atoms with Crippen molar-refractivity contribution in [3.8, 4) is 0 Å². The predicted octanol–water partition coefficient (Wildman–Crippen LogP) is 1.17. The summed E-state index contributed by atoms with van der Waals surface area (Å²) < 4.78 is 0. The van der Waals surface area contributed by atoms with Crippen molar-refractivity contribution in [2.24, 2.45) is 0 Å². The molecule has 1 aromatic carbocycles. The SMILES string of the molecule is c1ccc2c(c1)[N]CC[N]2. The van der Waals surface area contributed by atoms with Crippen molar-refractivity contribution in [1.82, 2.24) is 10.6 Å². The largest absolute Gasteiger partial charge is 0.281 e. The van der Waals surface area contributed by atoms with E-state index in [1.54, 1.807) is 0 Å². The highest BCUT2D eigenvalue weighted by molar-refractivity contribution is 5.60. The molecule has 50 valence electrons. The highest BCUT2D eigenvalue weighted by Gasteiger charge is 2.07. The van der Waals surface area contributed by atoms with Crippen LogP contribution < -0.4 is 10.6 Å². The standard InChI is InChI=1S/C8H8N2/c1-2-4-8-7(3-1)9-5-6-10-8/h1-4H,5-6H2. The van der Waals surface area contributed by atoms with Crippen molar-refractivity contribution in [3.63, 3.8) is 0 Å². The summed E-state index contributed by atoms with van der Waals surface area (Å²) in [4.78, 5) is 0. The van der Waals surface area contributed by atoms with Crippen LogP contribution in [0.3, 0.4) is 0 Å². The molecule has 1 aliphatic rings. The number of nitrogens with zero attached hydrogens (tertiary/aromatic N) is 2. The van der Waals surface area contributed by atoms with Gasteiger partial charge in [-0.15, -0.1) is 0 Å². The molecule has 0 bridgehead atoms. The third-order valence-electron chi connectivity index (χ3n) is 1.55. The average molecular weight is 132 g/mol. The Bertz CT molecular complexity index is 207. The van der Waals surface area contributed by atoms with Gasteiger partial charge in [-0.25, -0.2) is 0 Å². The molecule has 10 heavy (non-hydrogen) atoms. The van der Waals surface area contributed by atoms with Crippen LogP contribution >= 0.6 is 0 Å². The molecule has 2 heteroatoms. The minimum Gasteiger partial charge on any atom is -0.281 e. The molecule has 0 amide bonds. The Labute approximate surface area is 60.3 Å². The second-order valence-corrected chi connectivity index (χ2v) is 2.25. The molecule has 0 saturated carbocycles. The maximum absolute atomic E-state index is 4.30. The van der Waals surface area contributed by atoms with Crippen LogP contribution in [0, 0.1) is 0 Å². The molecule has 0 aliphatic carbocycles. The van der Waals surface area contributed by atoms with Gasteiger partial charge in [0.15, 0.2) is 0 Å².